The first-order valence-electron chi connectivity index (χ1n) is 7.42. The van der Waals surface area contributed by atoms with Gasteiger partial charge in [0.2, 0.25) is 5.91 Å². The van der Waals surface area contributed by atoms with Gasteiger partial charge in [-0.2, -0.15) is 0 Å². The van der Waals surface area contributed by atoms with Gasteiger partial charge < -0.3 is 15.4 Å². The van der Waals surface area contributed by atoms with Crippen LogP contribution in [0.25, 0.3) is 0 Å². The number of hydrogen-bond acceptors (Lipinski definition) is 5. The third kappa shape index (κ3) is 4.78. The van der Waals surface area contributed by atoms with Crippen molar-refractivity contribution in [3.05, 3.63) is 39.9 Å². The molecule has 1 fully saturated rings. The van der Waals surface area contributed by atoms with Gasteiger partial charge in [-0.15, -0.1) is 0 Å². The molecule has 22 heavy (non-hydrogen) atoms. The summed E-state index contributed by atoms with van der Waals surface area (Å²) in [7, 11) is 0. The zero-order valence-corrected chi connectivity index (χ0v) is 12.6. The molecule has 7 heteroatoms. The van der Waals surface area contributed by atoms with E-state index in [1.165, 1.54) is 12.1 Å². The third-order valence-electron chi connectivity index (χ3n) is 3.69. The van der Waals surface area contributed by atoms with Crippen molar-refractivity contribution < 1.29 is 14.5 Å². The molecule has 0 bridgehead atoms. The first-order chi connectivity index (χ1) is 10.6. The summed E-state index contributed by atoms with van der Waals surface area (Å²) < 4.78 is 5.58. The van der Waals surface area contributed by atoms with Crippen LogP contribution in [0, 0.1) is 10.1 Å². The highest BCUT2D eigenvalue weighted by atomic mass is 16.6. The molecule has 1 saturated heterocycles. The topological polar surface area (TPSA) is 93.5 Å². The number of nitrogens with one attached hydrogen (secondary N) is 2. The van der Waals surface area contributed by atoms with Crippen molar-refractivity contribution in [2.45, 2.75) is 31.9 Å². The molecule has 7 nitrogen and oxygen atoms in total. The number of hydrogen-bond donors (Lipinski definition) is 2. The van der Waals surface area contributed by atoms with Gasteiger partial charge >= 0.3 is 0 Å². The van der Waals surface area contributed by atoms with Gasteiger partial charge in [-0.3, -0.25) is 14.9 Å². The lowest BCUT2D eigenvalue weighted by molar-refractivity contribution is -0.384. The van der Waals surface area contributed by atoms with E-state index >= 15 is 0 Å². The van der Waals surface area contributed by atoms with Crippen molar-refractivity contribution in [2.75, 3.05) is 19.7 Å². The fourth-order valence-electron chi connectivity index (χ4n) is 2.43. The normalized spacial score (nSPS) is 17.0. The average molecular weight is 307 g/mol. The Labute approximate surface area is 129 Å². The molecular formula is C15H21N3O4. The molecule has 1 atom stereocenters. The number of nitro groups is 1. The maximum absolute atomic E-state index is 11.9. The van der Waals surface area contributed by atoms with Crippen LogP contribution in [0.15, 0.2) is 24.3 Å². The molecule has 1 amide bonds. The average Bonchev–Trinajstić information content (AvgIpc) is 2.54. The Bertz CT molecular complexity index is 529. The molecule has 1 unspecified atom stereocenters. The summed E-state index contributed by atoms with van der Waals surface area (Å²) >= 11 is 0. The summed E-state index contributed by atoms with van der Waals surface area (Å²) in [5, 5.41) is 16.8. The molecule has 1 aliphatic heterocycles. The number of ether oxygens (including phenoxy) is 1. The predicted octanol–water partition coefficient (Wildman–Crippen LogP) is 1.54. The van der Waals surface area contributed by atoms with Gasteiger partial charge in [0.25, 0.3) is 5.69 Å². The van der Waals surface area contributed by atoms with Crippen LogP contribution in [0.3, 0.4) is 0 Å². The number of rotatable bonds is 6. The number of carbonyl (C=O) groups excluding carboxylic acids is 1. The summed E-state index contributed by atoms with van der Waals surface area (Å²) in [6, 6.07) is 5.97. The Morgan fingerprint density at radius 2 is 2.23 bits per heavy atom. The van der Waals surface area contributed by atoms with E-state index in [9.17, 15) is 14.9 Å². The van der Waals surface area contributed by atoms with E-state index in [0.29, 0.717) is 5.56 Å². The van der Waals surface area contributed by atoms with Crippen LogP contribution in [-0.4, -0.2) is 36.6 Å². The van der Waals surface area contributed by atoms with Crippen LogP contribution in [0.5, 0.6) is 0 Å². The highest BCUT2D eigenvalue weighted by Gasteiger charge is 2.17. The highest BCUT2D eigenvalue weighted by molar-refractivity contribution is 5.77. The van der Waals surface area contributed by atoms with E-state index in [1.807, 2.05) is 0 Å². The molecule has 1 aromatic rings. The quantitative estimate of drug-likeness (QED) is 0.614. The number of carbonyl (C=O) groups is 1. The Hall–Kier alpha value is -1.99. The minimum atomic E-state index is -0.446. The van der Waals surface area contributed by atoms with Crippen molar-refractivity contribution in [1.29, 1.82) is 0 Å². The maximum Gasteiger partial charge on any atom is 0.269 e. The first kappa shape index (κ1) is 16.4. The predicted molar refractivity (Wildman–Crippen MR) is 81.5 cm³/mol. The van der Waals surface area contributed by atoms with Gasteiger partial charge in [0.1, 0.15) is 6.61 Å². The Balaban J connectivity index is 1.82. The van der Waals surface area contributed by atoms with E-state index in [1.54, 1.807) is 19.1 Å². The zero-order chi connectivity index (χ0) is 15.9. The number of nitro benzene ring substituents is 1. The fourth-order valence-corrected chi connectivity index (χ4v) is 2.43. The van der Waals surface area contributed by atoms with Gasteiger partial charge in [0.05, 0.1) is 17.1 Å². The van der Waals surface area contributed by atoms with Crippen LogP contribution < -0.4 is 10.6 Å². The van der Waals surface area contributed by atoms with Gasteiger partial charge in [0.15, 0.2) is 0 Å². The monoisotopic (exact) mass is 307 g/mol. The van der Waals surface area contributed by atoms with Gasteiger partial charge in [0, 0.05) is 12.1 Å². The molecule has 2 N–H and O–H groups in total. The molecule has 1 aromatic carbocycles. The van der Waals surface area contributed by atoms with Crippen molar-refractivity contribution in [1.82, 2.24) is 10.6 Å². The van der Waals surface area contributed by atoms with Gasteiger partial charge in [-0.05, 0) is 38.4 Å². The smallest absolute Gasteiger partial charge is 0.269 e. The van der Waals surface area contributed by atoms with Crippen LogP contribution in [0.1, 0.15) is 31.4 Å². The summed E-state index contributed by atoms with van der Waals surface area (Å²) in [6.45, 7) is 3.64. The van der Waals surface area contributed by atoms with E-state index in [-0.39, 0.29) is 30.3 Å². The summed E-state index contributed by atoms with van der Waals surface area (Å²) in [5.74, 6) is -0.211. The molecule has 2 rings (SSSR count). The lowest BCUT2D eigenvalue weighted by Crippen LogP contribution is -2.36. The highest BCUT2D eigenvalue weighted by Crippen LogP contribution is 2.18. The molecule has 1 aliphatic rings. The largest absolute Gasteiger partial charge is 0.368 e. The van der Waals surface area contributed by atoms with Crippen LogP contribution in [0.4, 0.5) is 5.69 Å². The van der Waals surface area contributed by atoms with E-state index in [4.69, 9.17) is 4.74 Å². The number of piperidine rings is 1. The number of nitrogens with zero attached hydrogens (tertiary/aromatic N) is 1. The Kier molecular flexibility index (Phi) is 5.85. The van der Waals surface area contributed by atoms with Gasteiger partial charge in [-0.25, -0.2) is 0 Å². The lowest BCUT2D eigenvalue weighted by atomic mass is 10.1. The second kappa shape index (κ2) is 7.86. The minimum absolute atomic E-state index is 0.0178. The van der Waals surface area contributed by atoms with E-state index < -0.39 is 4.92 Å². The Morgan fingerprint density at radius 3 is 2.91 bits per heavy atom. The van der Waals surface area contributed by atoms with Crippen LogP contribution in [0.2, 0.25) is 0 Å². The minimum Gasteiger partial charge on any atom is -0.368 e. The standard InChI is InChI=1S/C15H21N3O4/c1-11(12-3-2-4-13(9-12)18(20)21)17-15(19)10-22-14-5-7-16-8-6-14/h2-4,9,11,14,16H,5-8,10H2,1H3,(H,17,19). The van der Waals surface area contributed by atoms with Crippen molar-refractivity contribution in [3.63, 3.8) is 0 Å². The first-order valence-corrected chi connectivity index (χ1v) is 7.42. The summed E-state index contributed by atoms with van der Waals surface area (Å²) in [6.07, 6.45) is 1.95. The molecule has 1 heterocycles. The molecule has 0 aliphatic carbocycles. The maximum atomic E-state index is 11.9. The molecular weight excluding hydrogens is 286 g/mol. The third-order valence-corrected chi connectivity index (χ3v) is 3.69. The van der Waals surface area contributed by atoms with Crippen LogP contribution >= 0.6 is 0 Å². The number of benzene rings is 1. The second-order valence-corrected chi connectivity index (χ2v) is 5.40. The molecule has 120 valence electrons. The van der Waals surface area contributed by atoms with E-state index in [2.05, 4.69) is 10.6 Å². The molecule has 0 aromatic heterocycles. The SMILES string of the molecule is CC(NC(=O)COC1CCNCC1)c1cccc([N+](=O)[O-])c1. The lowest BCUT2D eigenvalue weighted by Gasteiger charge is -2.23. The Morgan fingerprint density at radius 1 is 1.50 bits per heavy atom. The fraction of sp³-hybridized carbons (Fsp3) is 0.533. The number of amides is 1. The molecule has 0 radical (unpaired) electrons. The van der Waals surface area contributed by atoms with Gasteiger partial charge in [-0.1, -0.05) is 12.1 Å². The second-order valence-electron chi connectivity index (χ2n) is 5.40. The van der Waals surface area contributed by atoms with Crippen molar-refractivity contribution in [3.8, 4) is 0 Å². The molecule has 0 spiro atoms. The summed E-state index contributed by atoms with van der Waals surface area (Å²) in [5.41, 5.74) is 0.717. The summed E-state index contributed by atoms with van der Waals surface area (Å²) in [4.78, 5) is 22.2. The zero-order valence-electron chi connectivity index (χ0n) is 12.6. The van der Waals surface area contributed by atoms with Crippen molar-refractivity contribution in [2.24, 2.45) is 0 Å². The van der Waals surface area contributed by atoms with Crippen molar-refractivity contribution >= 4 is 11.6 Å². The number of non-ortho nitro benzene ring substituents is 1. The van der Waals surface area contributed by atoms with Crippen LogP contribution in [-0.2, 0) is 9.53 Å². The van der Waals surface area contributed by atoms with E-state index in [0.717, 1.165) is 25.9 Å². The molecule has 0 saturated carbocycles.